The first-order valence-electron chi connectivity index (χ1n) is 25.1. The molecule has 0 aromatic heterocycles. The molecular weight excluding hydrogens is 707 g/mol. The van der Waals surface area contributed by atoms with E-state index in [1.54, 1.807) is 0 Å². The lowest BCUT2D eigenvalue weighted by atomic mass is 10.0. The van der Waals surface area contributed by atoms with Crippen molar-refractivity contribution in [2.75, 3.05) is 13.2 Å². The molecule has 0 spiro atoms. The first kappa shape index (κ1) is 55.3. The molecule has 0 radical (unpaired) electrons. The molecule has 0 rings (SSSR count). The molecule has 0 fully saturated rings. The number of ether oxygens (including phenoxy) is 1. The SMILES string of the molecule is CCCCCCCC/C=C\CCCCCCCC(=O)OCCCCCCCC/C=C\CCCCCC(=O)NC(CO)C(O)CCCCCCCCCCCCCC. The van der Waals surface area contributed by atoms with Crippen molar-refractivity contribution >= 4 is 11.9 Å². The minimum Gasteiger partial charge on any atom is -0.466 e. The normalized spacial score (nSPS) is 12.8. The first-order chi connectivity index (χ1) is 28.0. The third-order valence-corrected chi connectivity index (χ3v) is 11.5. The Balaban J connectivity index is 3.50. The van der Waals surface area contributed by atoms with E-state index in [1.165, 1.54) is 161 Å². The van der Waals surface area contributed by atoms with E-state index in [9.17, 15) is 19.8 Å². The van der Waals surface area contributed by atoms with Crippen LogP contribution in [0.2, 0.25) is 0 Å². The molecule has 57 heavy (non-hydrogen) atoms. The van der Waals surface area contributed by atoms with Crippen LogP contribution in [-0.4, -0.2) is 47.4 Å². The zero-order valence-electron chi connectivity index (χ0n) is 38.1. The molecular formula is C51H97NO5. The van der Waals surface area contributed by atoms with Gasteiger partial charge in [0.15, 0.2) is 0 Å². The summed E-state index contributed by atoms with van der Waals surface area (Å²) in [7, 11) is 0. The van der Waals surface area contributed by atoms with E-state index in [2.05, 4.69) is 43.5 Å². The number of hydrogen-bond donors (Lipinski definition) is 3. The number of nitrogens with one attached hydrogen (secondary N) is 1. The van der Waals surface area contributed by atoms with E-state index >= 15 is 0 Å². The monoisotopic (exact) mass is 804 g/mol. The third-order valence-electron chi connectivity index (χ3n) is 11.5. The highest BCUT2D eigenvalue weighted by Gasteiger charge is 2.20. The van der Waals surface area contributed by atoms with Crippen molar-refractivity contribution < 1.29 is 24.5 Å². The van der Waals surface area contributed by atoms with Crippen LogP contribution in [0.3, 0.4) is 0 Å². The first-order valence-corrected chi connectivity index (χ1v) is 25.1. The molecule has 0 heterocycles. The summed E-state index contributed by atoms with van der Waals surface area (Å²) in [6.07, 6.45) is 54.3. The standard InChI is InChI=1S/C51H97NO5/c1-3-5-7-9-11-13-15-17-18-21-25-29-33-37-41-45-51(56)57-46-42-38-34-30-26-22-19-20-24-28-32-36-40-44-50(55)52-48(47-53)49(54)43-39-35-31-27-23-16-14-12-10-8-6-4-2/h17-18,20,24,48-49,53-54H,3-16,19,21-23,25-47H2,1-2H3,(H,52,55)/b18-17-,24-20-. The molecule has 3 N–H and O–H groups in total. The van der Waals surface area contributed by atoms with Gasteiger partial charge in [0.05, 0.1) is 25.4 Å². The van der Waals surface area contributed by atoms with Gasteiger partial charge in [0.2, 0.25) is 5.91 Å². The fourth-order valence-corrected chi connectivity index (χ4v) is 7.57. The number of carbonyl (C=O) groups is 2. The van der Waals surface area contributed by atoms with E-state index in [-0.39, 0.29) is 18.5 Å². The second-order valence-electron chi connectivity index (χ2n) is 17.1. The van der Waals surface area contributed by atoms with Gasteiger partial charge in [-0.2, -0.15) is 0 Å². The fourth-order valence-electron chi connectivity index (χ4n) is 7.57. The number of amides is 1. The van der Waals surface area contributed by atoms with E-state index < -0.39 is 12.1 Å². The molecule has 2 atom stereocenters. The topological polar surface area (TPSA) is 95.9 Å². The van der Waals surface area contributed by atoms with Crippen LogP contribution in [-0.2, 0) is 14.3 Å². The Labute approximate surface area is 354 Å². The van der Waals surface area contributed by atoms with Crippen molar-refractivity contribution in [1.29, 1.82) is 0 Å². The Morgan fingerprint density at radius 3 is 1.26 bits per heavy atom. The van der Waals surface area contributed by atoms with E-state index in [0.717, 1.165) is 70.6 Å². The highest BCUT2D eigenvalue weighted by Crippen LogP contribution is 2.15. The van der Waals surface area contributed by atoms with Gasteiger partial charge in [-0.25, -0.2) is 0 Å². The number of allylic oxidation sites excluding steroid dienone is 4. The third kappa shape index (κ3) is 43.7. The van der Waals surface area contributed by atoms with Crippen LogP contribution in [0, 0.1) is 0 Å². The lowest BCUT2D eigenvalue weighted by Crippen LogP contribution is -2.45. The zero-order chi connectivity index (χ0) is 41.5. The molecule has 0 aliphatic heterocycles. The number of aliphatic hydroxyl groups is 2. The average Bonchev–Trinajstić information content (AvgIpc) is 3.21. The molecule has 6 nitrogen and oxygen atoms in total. The molecule has 0 aromatic rings. The maximum absolute atomic E-state index is 12.4. The van der Waals surface area contributed by atoms with Crippen molar-refractivity contribution in [2.45, 2.75) is 276 Å². The highest BCUT2D eigenvalue weighted by molar-refractivity contribution is 5.76. The molecule has 0 bridgehead atoms. The molecule has 0 aliphatic rings. The summed E-state index contributed by atoms with van der Waals surface area (Å²) in [5.41, 5.74) is 0. The van der Waals surface area contributed by atoms with Crippen molar-refractivity contribution in [3.05, 3.63) is 24.3 Å². The van der Waals surface area contributed by atoms with Crippen LogP contribution in [0.5, 0.6) is 0 Å². The Bertz CT molecular complexity index is 889. The number of carbonyl (C=O) groups excluding carboxylic acids is 2. The van der Waals surface area contributed by atoms with E-state index in [4.69, 9.17) is 4.74 Å². The van der Waals surface area contributed by atoms with Crippen LogP contribution in [0.15, 0.2) is 24.3 Å². The lowest BCUT2D eigenvalue weighted by Gasteiger charge is -2.22. The van der Waals surface area contributed by atoms with Gasteiger partial charge in [-0.15, -0.1) is 0 Å². The van der Waals surface area contributed by atoms with Gasteiger partial charge in [0.1, 0.15) is 0 Å². The second-order valence-corrected chi connectivity index (χ2v) is 17.1. The number of esters is 1. The van der Waals surface area contributed by atoms with Crippen molar-refractivity contribution in [1.82, 2.24) is 5.32 Å². The van der Waals surface area contributed by atoms with Gasteiger partial charge in [-0.05, 0) is 77.0 Å². The molecule has 1 amide bonds. The maximum atomic E-state index is 12.4. The van der Waals surface area contributed by atoms with Gasteiger partial charge in [0.25, 0.3) is 0 Å². The van der Waals surface area contributed by atoms with Crippen molar-refractivity contribution in [2.24, 2.45) is 0 Å². The predicted octanol–water partition coefficient (Wildman–Crippen LogP) is 14.7. The van der Waals surface area contributed by atoms with Crippen LogP contribution < -0.4 is 5.32 Å². The molecule has 336 valence electrons. The van der Waals surface area contributed by atoms with Gasteiger partial charge in [-0.3, -0.25) is 9.59 Å². The molecule has 6 heteroatoms. The smallest absolute Gasteiger partial charge is 0.305 e. The minimum atomic E-state index is -0.680. The molecule has 0 aromatic carbocycles. The molecule has 2 unspecified atom stereocenters. The fraction of sp³-hybridized carbons (Fsp3) is 0.882. The summed E-state index contributed by atoms with van der Waals surface area (Å²) >= 11 is 0. The summed E-state index contributed by atoms with van der Waals surface area (Å²) in [5, 5.41) is 23.1. The van der Waals surface area contributed by atoms with Crippen LogP contribution in [0.25, 0.3) is 0 Å². The number of hydrogen-bond acceptors (Lipinski definition) is 5. The van der Waals surface area contributed by atoms with E-state index in [1.807, 2.05) is 0 Å². The van der Waals surface area contributed by atoms with E-state index in [0.29, 0.717) is 25.9 Å². The Morgan fingerprint density at radius 1 is 0.474 bits per heavy atom. The Hall–Kier alpha value is -1.66. The molecule has 0 aliphatic carbocycles. The van der Waals surface area contributed by atoms with Crippen molar-refractivity contribution in [3.8, 4) is 0 Å². The largest absolute Gasteiger partial charge is 0.466 e. The van der Waals surface area contributed by atoms with Crippen molar-refractivity contribution in [3.63, 3.8) is 0 Å². The van der Waals surface area contributed by atoms with Gasteiger partial charge >= 0.3 is 5.97 Å². The molecule has 0 saturated heterocycles. The summed E-state index contributed by atoms with van der Waals surface area (Å²) in [5.74, 6) is -0.0872. The average molecular weight is 804 g/mol. The van der Waals surface area contributed by atoms with Gasteiger partial charge in [-0.1, -0.05) is 199 Å². The summed E-state index contributed by atoms with van der Waals surface area (Å²) in [6, 6.07) is -0.560. The van der Waals surface area contributed by atoms with Gasteiger partial charge < -0.3 is 20.3 Å². The number of unbranched alkanes of at least 4 members (excludes halogenated alkanes) is 31. The lowest BCUT2D eigenvalue weighted by molar-refractivity contribution is -0.143. The number of rotatable bonds is 46. The Kier molecular flexibility index (Phi) is 45.7. The zero-order valence-corrected chi connectivity index (χ0v) is 38.1. The summed E-state index contributed by atoms with van der Waals surface area (Å²) in [6.45, 7) is 4.89. The second kappa shape index (κ2) is 47.0. The Morgan fingerprint density at radius 2 is 0.825 bits per heavy atom. The highest BCUT2D eigenvalue weighted by atomic mass is 16.5. The summed E-state index contributed by atoms with van der Waals surface area (Å²) in [4.78, 5) is 24.4. The predicted molar refractivity (Wildman–Crippen MR) is 246 cm³/mol. The minimum absolute atomic E-state index is 0.0209. The van der Waals surface area contributed by atoms with Crippen LogP contribution >= 0.6 is 0 Å². The van der Waals surface area contributed by atoms with Crippen LogP contribution in [0.4, 0.5) is 0 Å². The van der Waals surface area contributed by atoms with Crippen LogP contribution in [0.1, 0.15) is 264 Å². The maximum Gasteiger partial charge on any atom is 0.305 e. The molecule has 0 saturated carbocycles. The number of aliphatic hydroxyl groups excluding tert-OH is 2. The quantitative estimate of drug-likeness (QED) is 0.0324. The van der Waals surface area contributed by atoms with Gasteiger partial charge in [0, 0.05) is 12.8 Å². The summed E-state index contributed by atoms with van der Waals surface area (Å²) < 4.78 is 5.45.